The average Bonchev–Trinajstić information content (AvgIpc) is 4.10. The number of rotatable bonds is 11. The smallest absolute Gasteiger partial charge is 0.861 e. The molecule has 9 rings (SSSR count). The van der Waals surface area contributed by atoms with E-state index in [0.29, 0.717) is 33.7 Å². The van der Waals surface area contributed by atoms with E-state index in [1.54, 1.807) is 12.1 Å². The molecular weight excluding hydrogens is 811 g/mol. The normalized spacial score (nSPS) is 11.9. The third-order valence-electron chi connectivity index (χ3n) is 10.4. The van der Waals surface area contributed by atoms with Gasteiger partial charge in [-0.25, -0.2) is 9.97 Å². The third-order valence-corrected chi connectivity index (χ3v) is 10.4. The summed E-state index contributed by atoms with van der Waals surface area (Å²) >= 11 is 0. The molecule has 2 aliphatic rings. The molecule has 0 amide bonds. The number of H-pyrrole nitrogens is 2. The van der Waals surface area contributed by atoms with Gasteiger partial charge in [0.15, 0.2) is 0 Å². The van der Waals surface area contributed by atoms with Crippen molar-refractivity contribution in [2.75, 3.05) is 19.6 Å². The van der Waals surface area contributed by atoms with Gasteiger partial charge >= 0.3 is 65.1 Å². The van der Waals surface area contributed by atoms with E-state index >= 15 is 0 Å². The quantitative estimate of drug-likeness (QED) is 0.101. The number of aliphatic carboxylic acids is 2. The number of nitrogens with zero attached hydrogens (tertiary/aromatic N) is 4. The number of fused-ring (bicyclic) bond motifs is 8. The second kappa shape index (κ2) is 19.9. The van der Waals surface area contributed by atoms with Gasteiger partial charge in [-0.05, 0) is 77.2 Å². The van der Waals surface area contributed by atoms with Crippen molar-refractivity contribution < 1.29 is 84.0 Å². The van der Waals surface area contributed by atoms with Crippen LogP contribution in [0.25, 0.3) is 90.9 Å². The van der Waals surface area contributed by atoms with Crippen molar-refractivity contribution in [1.29, 1.82) is 0 Å². The Morgan fingerprint density at radius 3 is 1.30 bits per heavy atom. The molecule has 4 aromatic carbocycles. The fourth-order valence-corrected chi connectivity index (χ4v) is 7.90. The van der Waals surface area contributed by atoms with Gasteiger partial charge in [-0.3, -0.25) is 14.7 Å². The molecule has 13 heteroatoms. The largest absolute Gasteiger partial charge is 1.00 e. The number of carboxylic acids is 2. The molecule has 0 atom stereocenters. The van der Waals surface area contributed by atoms with Crippen molar-refractivity contribution in [3.05, 3.63) is 162 Å². The van der Waals surface area contributed by atoms with Crippen molar-refractivity contribution in [3.63, 3.8) is 0 Å². The van der Waals surface area contributed by atoms with Gasteiger partial charge in [0.05, 0.1) is 41.0 Å². The monoisotopic (exact) mass is 846 g/mol. The summed E-state index contributed by atoms with van der Waals surface area (Å²) in [6, 6.07) is 45.5. The summed E-state index contributed by atoms with van der Waals surface area (Å²) < 4.78 is 0. The maximum Gasteiger partial charge on any atom is 1.00 e. The number of nitrogens with one attached hydrogen (secondary N) is 2. The van der Waals surface area contributed by atoms with Crippen LogP contribution in [0.1, 0.15) is 22.8 Å². The number of aliphatic imine (C=N–C) groups is 1. The zero-order valence-corrected chi connectivity index (χ0v) is 38.6. The summed E-state index contributed by atoms with van der Waals surface area (Å²) in [7, 11) is 0. The number of benzene rings is 4. The Hall–Kier alpha value is -6.15. The van der Waals surface area contributed by atoms with Gasteiger partial charge in [-0.1, -0.05) is 109 Å². The van der Waals surface area contributed by atoms with Crippen LogP contribution in [-0.4, -0.2) is 67.4 Å². The molecule has 2 aliphatic heterocycles. The van der Waals surface area contributed by atoms with Crippen LogP contribution in [0, 0.1) is 0 Å². The van der Waals surface area contributed by atoms with Crippen LogP contribution in [0.5, 0.6) is 0 Å². The van der Waals surface area contributed by atoms with Crippen LogP contribution < -0.4 is 69.3 Å². The van der Waals surface area contributed by atoms with E-state index in [2.05, 4.69) is 39.2 Å². The SMILES string of the molecule is O=C([O-])CN(CC(=O)O)CC([O-])=Nc1ccccc1-c1c2nc(c(-c3ccccc3)c3ccc([nH]3)c(-c3ccccc3)c3nc(c(-c4ccccc4)c4ccc1[nH]4)C=C3)C=C2.[Na+].[Na+]. The Kier molecular flexibility index (Phi) is 14.2. The molecule has 0 saturated heterocycles. The number of hydrogen-bond donors (Lipinski definition) is 3. The van der Waals surface area contributed by atoms with Crippen LogP contribution in [-0.2, 0) is 9.59 Å². The van der Waals surface area contributed by atoms with E-state index in [0.717, 1.165) is 66.2 Å². The van der Waals surface area contributed by atoms with Crippen LogP contribution in [0.3, 0.4) is 0 Å². The summed E-state index contributed by atoms with van der Waals surface area (Å²) in [5, 5.41) is 34.2. The number of carboxylic acid groups (broad SMARTS) is 2. The predicted molar refractivity (Wildman–Crippen MR) is 237 cm³/mol. The molecule has 0 radical (unpaired) electrons. The summed E-state index contributed by atoms with van der Waals surface area (Å²) in [6.45, 7) is -1.96. The van der Waals surface area contributed by atoms with Gasteiger partial charge in [-0.15, -0.1) is 0 Å². The Morgan fingerprint density at radius 1 is 0.508 bits per heavy atom. The molecule has 3 N–H and O–H groups in total. The van der Waals surface area contributed by atoms with Crippen LogP contribution >= 0.6 is 0 Å². The molecule has 11 nitrogen and oxygen atoms in total. The van der Waals surface area contributed by atoms with Crippen molar-refractivity contribution in [1.82, 2.24) is 24.8 Å². The first-order chi connectivity index (χ1) is 29.8. The molecule has 0 fully saturated rings. The summed E-state index contributed by atoms with van der Waals surface area (Å²) in [4.78, 5) is 46.3. The van der Waals surface area contributed by atoms with E-state index in [-0.39, 0.29) is 59.1 Å². The Balaban J connectivity index is 0.00000298. The number of aromatic nitrogens is 4. The number of para-hydroxylation sites is 1. The molecule has 63 heavy (non-hydrogen) atoms. The minimum Gasteiger partial charge on any atom is -0.861 e. The molecule has 0 spiro atoms. The van der Waals surface area contributed by atoms with Crippen molar-refractivity contribution in [2.45, 2.75) is 0 Å². The van der Waals surface area contributed by atoms with Gasteiger partial charge in [0.1, 0.15) is 0 Å². The number of carbonyl (C=O) groups excluding carboxylic acids is 1. The zero-order valence-electron chi connectivity index (χ0n) is 34.6. The molecule has 0 unspecified atom stereocenters. The molecule has 8 bridgehead atoms. The molecule has 298 valence electrons. The van der Waals surface area contributed by atoms with Crippen molar-refractivity contribution in [3.8, 4) is 44.5 Å². The van der Waals surface area contributed by atoms with Gasteiger partial charge in [-0.2, -0.15) is 0 Å². The summed E-state index contributed by atoms with van der Waals surface area (Å²) in [5.41, 5.74) is 13.2. The van der Waals surface area contributed by atoms with Crippen molar-refractivity contribution >= 4 is 69.9 Å². The predicted octanol–water partition coefficient (Wildman–Crippen LogP) is 1.86. The van der Waals surface area contributed by atoms with Gasteiger partial charge < -0.3 is 30.1 Å². The number of aromatic amines is 2. The van der Waals surface area contributed by atoms with Gasteiger partial charge in [0.25, 0.3) is 0 Å². The molecular formula is C50H36N6Na2O5. The third kappa shape index (κ3) is 9.75. The fraction of sp³-hybridized carbons (Fsp3) is 0.0600. The molecule has 7 aromatic rings. The topological polar surface area (TPSA) is 173 Å². The minimum atomic E-state index is -1.51. The summed E-state index contributed by atoms with van der Waals surface area (Å²) in [5.74, 6) is -3.51. The standard InChI is InChI=1S/C50H38N6O5.2Na/c57-44(28-56(29-45(58)59)30-46(60)61)55-35-19-11-10-18-34(35)50-42-26-24-40(53-42)48(32-14-6-2-7-15-32)38-22-20-36(51-38)47(31-12-4-1-5-13-31)37-21-23-39(52-37)49(33-16-8-3-9-17-33)41-25-27-43(50)54-41;;/h1-27,51,54H,28-30H2,(H,55,57)(H,58,59)(H,60,61);;/q;2*+1/p-2. The minimum absolute atomic E-state index is 0. The van der Waals surface area contributed by atoms with E-state index < -0.39 is 37.5 Å². The van der Waals surface area contributed by atoms with Crippen LogP contribution in [0.15, 0.2) is 145 Å². The summed E-state index contributed by atoms with van der Waals surface area (Å²) in [6.07, 6.45) is 8.00. The first kappa shape index (κ1) is 44.9. The van der Waals surface area contributed by atoms with E-state index in [9.17, 15) is 24.9 Å². The van der Waals surface area contributed by atoms with Crippen LogP contribution in [0.2, 0.25) is 0 Å². The first-order valence-electron chi connectivity index (χ1n) is 19.6. The Bertz CT molecular complexity index is 3040. The number of hydrogen-bond acceptors (Lipinski definition) is 8. The van der Waals surface area contributed by atoms with Crippen LogP contribution in [0.4, 0.5) is 5.69 Å². The maximum absolute atomic E-state index is 13.5. The second-order valence-corrected chi connectivity index (χ2v) is 14.5. The molecule has 3 aromatic heterocycles. The Labute approximate surface area is 406 Å². The average molecular weight is 847 g/mol. The fourth-order valence-electron chi connectivity index (χ4n) is 7.90. The second-order valence-electron chi connectivity index (χ2n) is 14.5. The van der Waals surface area contributed by atoms with E-state index in [1.165, 1.54) is 0 Å². The Morgan fingerprint density at radius 2 is 0.889 bits per heavy atom. The van der Waals surface area contributed by atoms with Crippen molar-refractivity contribution in [2.24, 2.45) is 4.99 Å². The van der Waals surface area contributed by atoms with E-state index in [1.807, 2.05) is 127 Å². The molecule has 0 saturated carbocycles. The van der Waals surface area contributed by atoms with Gasteiger partial charge in [0, 0.05) is 63.0 Å². The molecule has 5 heterocycles. The number of carbonyl (C=O) groups is 2. The van der Waals surface area contributed by atoms with E-state index in [4.69, 9.17) is 9.97 Å². The van der Waals surface area contributed by atoms with Gasteiger partial charge in [0.2, 0.25) is 0 Å². The first-order valence-corrected chi connectivity index (χ1v) is 19.6. The molecule has 0 aliphatic carbocycles. The zero-order chi connectivity index (χ0) is 41.9. The maximum atomic E-state index is 13.5.